The summed E-state index contributed by atoms with van der Waals surface area (Å²) in [7, 11) is 0. The molecule has 0 radical (unpaired) electrons. The van der Waals surface area contributed by atoms with E-state index in [2.05, 4.69) is 10.2 Å². The summed E-state index contributed by atoms with van der Waals surface area (Å²) in [5, 5.41) is 4.73. The third-order valence-electron chi connectivity index (χ3n) is 7.61. The predicted molar refractivity (Wildman–Crippen MR) is 164 cm³/mol. The van der Waals surface area contributed by atoms with Crippen molar-refractivity contribution < 1.29 is 19.1 Å². The predicted octanol–water partition coefficient (Wildman–Crippen LogP) is 4.81. The molecule has 3 amide bonds. The minimum absolute atomic E-state index is 0.0454. The Bertz CT molecular complexity index is 1530. The lowest BCUT2D eigenvalue weighted by atomic mass is 10.1. The molecule has 0 spiro atoms. The van der Waals surface area contributed by atoms with Gasteiger partial charge in [0.05, 0.1) is 30.2 Å². The van der Waals surface area contributed by atoms with Crippen molar-refractivity contribution in [3.05, 3.63) is 76.7 Å². The number of carbonyl (C=O) groups excluding carboxylic acids is 3. The van der Waals surface area contributed by atoms with Crippen molar-refractivity contribution >= 4 is 55.5 Å². The second-order valence-electron chi connectivity index (χ2n) is 10.3. The van der Waals surface area contributed by atoms with Crippen LogP contribution in [0.25, 0.3) is 20.5 Å². The quantitative estimate of drug-likeness (QED) is 0.350. The van der Waals surface area contributed by atoms with Gasteiger partial charge in [0.2, 0.25) is 5.91 Å². The summed E-state index contributed by atoms with van der Waals surface area (Å²) in [6.07, 6.45) is 0. The van der Waals surface area contributed by atoms with E-state index in [9.17, 15) is 14.4 Å². The lowest BCUT2D eigenvalue weighted by molar-refractivity contribution is -0.117. The van der Waals surface area contributed by atoms with Gasteiger partial charge in [0.25, 0.3) is 11.8 Å². The standard InChI is InChI=1S/C31H32N4O4S2/c1-21-27(31(38)35-15-17-39-18-16-35)29(41-28(21)22-7-3-2-4-8-22)32-26(36)20-33-11-13-34(14-12-33)30(37)25-19-23-9-5-6-10-24(23)40-25/h2-10,19H,11-18,20H2,1H3,(H,32,36). The van der Waals surface area contributed by atoms with E-state index in [1.54, 1.807) is 4.90 Å². The second kappa shape index (κ2) is 12.1. The fourth-order valence-electron chi connectivity index (χ4n) is 5.37. The molecule has 8 nitrogen and oxygen atoms in total. The molecular formula is C31H32N4O4S2. The van der Waals surface area contributed by atoms with Gasteiger partial charge in [-0.1, -0.05) is 48.5 Å². The number of nitrogens with zero attached hydrogens (tertiary/aromatic N) is 3. The van der Waals surface area contributed by atoms with Gasteiger partial charge in [-0.3, -0.25) is 19.3 Å². The maximum absolute atomic E-state index is 13.6. The third-order valence-corrected chi connectivity index (χ3v) is 9.97. The maximum Gasteiger partial charge on any atom is 0.264 e. The first-order valence-corrected chi connectivity index (χ1v) is 15.5. The van der Waals surface area contributed by atoms with E-state index in [1.807, 2.05) is 72.5 Å². The smallest absolute Gasteiger partial charge is 0.264 e. The highest BCUT2D eigenvalue weighted by Gasteiger charge is 2.29. The summed E-state index contributed by atoms with van der Waals surface area (Å²) in [6, 6.07) is 19.9. The molecule has 2 aromatic carbocycles. The monoisotopic (exact) mass is 588 g/mol. The molecule has 1 N–H and O–H groups in total. The SMILES string of the molecule is Cc1c(-c2ccccc2)sc(NC(=O)CN2CCN(C(=O)c3cc4ccccc4s3)CC2)c1C(=O)N1CCOCC1. The first-order chi connectivity index (χ1) is 20.0. The molecule has 10 heteroatoms. The van der Waals surface area contributed by atoms with Gasteiger partial charge in [-0.15, -0.1) is 22.7 Å². The number of anilines is 1. The first kappa shape index (κ1) is 27.6. The van der Waals surface area contributed by atoms with E-state index in [0.717, 1.165) is 31.0 Å². The Morgan fingerprint density at radius 1 is 0.829 bits per heavy atom. The molecule has 0 saturated carbocycles. The average Bonchev–Trinajstić information content (AvgIpc) is 3.58. The Balaban J connectivity index is 1.12. The van der Waals surface area contributed by atoms with Gasteiger partial charge in [0.15, 0.2) is 0 Å². The number of nitrogens with one attached hydrogen (secondary N) is 1. The minimum atomic E-state index is -0.161. The van der Waals surface area contributed by atoms with Crippen LogP contribution in [0.3, 0.4) is 0 Å². The van der Waals surface area contributed by atoms with Crippen molar-refractivity contribution in [3.63, 3.8) is 0 Å². The van der Waals surface area contributed by atoms with Gasteiger partial charge in [-0.05, 0) is 35.6 Å². The highest BCUT2D eigenvalue weighted by molar-refractivity contribution is 7.21. The number of thiophene rings is 2. The lowest BCUT2D eigenvalue weighted by Crippen LogP contribution is -2.50. The van der Waals surface area contributed by atoms with Gasteiger partial charge in [-0.2, -0.15) is 0 Å². The maximum atomic E-state index is 13.6. The molecule has 0 aliphatic carbocycles. The molecule has 6 rings (SSSR count). The van der Waals surface area contributed by atoms with Crippen molar-refractivity contribution in [2.24, 2.45) is 0 Å². The van der Waals surface area contributed by atoms with Crippen molar-refractivity contribution in [2.75, 3.05) is 64.3 Å². The van der Waals surface area contributed by atoms with E-state index in [-0.39, 0.29) is 24.3 Å². The molecule has 212 valence electrons. The van der Waals surface area contributed by atoms with E-state index < -0.39 is 0 Å². The second-order valence-corrected chi connectivity index (χ2v) is 12.4. The Morgan fingerprint density at radius 2 is 1.51 bits per heavy atom. The van der Waals surface area contributed by atoms with Crippen LogP contribution in [0, 0.1) is 6.92 Å². The fourth-order valence-corrected chi connectivity index (χ4v) is 7.62. The molecule has 2 aliphatic heterocycles. The van der Waals surface area contributed by atoms with Gasteiger partial charge in [0.1, 0.15) is 5.00 Å². The molecule has 0 unspecified atom stereocenters. The first-order valence-electron chi connectivity index (χ1n) is 13.8. The number of hydrogen-bond acceptors (Lipinski definition) is 7. The van der Waals surface area contributed by atoms with Crippen LogP contribution in [-0.2, 0) is 9.53 Å². The molecule has 0 bridgehead atoms. The van der Waals surface area contributed by atoms with Crippen LogP contribution in [-0.4, -0.2) is 91.4 Å². The van der Waals surface area contributed by atoms with E-state index >= 15 is 0 Å². The summed E-state index contributed by atoms with van der Waals surface area (Å²) in [5.74, 6) is -0.192. The van der Waals surface area contributed by atoms with Gasteiger partial charge < -0.3 is 19.9 Å². The molecule has 4 heterocycles. The summed E-state index contributed by atoms with van der Waals surface area (Å²) < 4.78 is 6.55. The highest BCUT2D eigenvalue weighted by Crippen LogP contribution is 2.40. The van der Waals surface area contributed by atoms with Crippen LogP contribution < -0.4 is 5.32 Å². The topological polar surface area (TPSA) is 82.2 Å². The van der Waals surface area contributed by atoms with Crippen molar-refractivity contribution in [1.82, 2.24) is 14.7 Å². The van der Waals surface area contributed by atoms with E-state index in [1.165, 1.54) is 22.7 Å². The van der Waals surface area contributed by atoms with Crippen LogP contribution in [0.5, 0.6) is 0 Å². The number of benzene rings is 2. The van der Waals surface area contributed by atoms with E-state index in [4.69, 9.17) is 4.74 Å². The normalized spacial score (nSPS) is 16.2. The zero-order valence-electron chi connectivity index (χ0n) is 22.9. The Morgan fingerprint density at radius 3 is 2.24 bits per heavy atom. The van der Waals surface area contributed by atoms with Gasteiger partial charge >= 0.3 is 0 Å². The summed E-state index contributed by atoms with van der Waals surface area (Å²) in [5.41, 5.74) is 2.45. The molecule has 41 heavy (non-hydrogen) atoms. The Labute approximate surface area is 247 Å². The molecule has 2 fully saturated rings. The molecule has 2 aliphatic rings. The van der Waals surface area contributed by atoms with Crippen molar-refractivity contribution in [3.8, 4) is 10.4 Å². The van der Waals surface area contributed by atoms with Crippen LogP contribution in [0.15, 0.2) is 60.7 Å². The number of hydrogen-bond donors (Lipinski definition) is 1. The lowest BCUT2D eigenvalue weighted by Gasteiger charge is -2.34. The van der Waals surface area contributed by atoms with E-state index in [0.29, 0.717) is 63.0 Å². The largest absolute Gasteiger partial charge is 0.378 e. The summed E-state index contributed by atoms with van der Waals surface area (Å²) in [4.78, 5) is 47.4. The zero-order chi connectivity index (χ0) is 28.3. The average molecular weight is 589 g/mol. The fraction of sp³-hybridized carbons (Fsp3) is 0.323. The number of carbonyl (C=O) groups is 3. The molecular weight excluding hydrogens is 556 g/mol. The number of piperazine rings is 1. The van der Waals surface area contributed by atoms with Crippen LogP contribution in [0.2, 0.25) is 0 Å². The molecule has 0 atom stereocenters. The number of morpholine rings is 1. The Kier molecular flexibility index (Phi) is 8.16. The molecule has 2 aromatic heterocycles. The van der Waals surface area contributed by atoms with Crippen LogP contribution in [0.4, 0.5) is 5.00 Å². The number of rotatable bonds is 6. The summed E-state index contributed by atoms with van der Waals surface area (Å²) in [6.45, 7) is 6.61. The third kappa shape index (κ3) is 5.92. The molecule has 4 aromatic rings. The summed E-state index contributed by atoms with van der Waals surface area (Å²) >= 11 is 2.97. The van der Waals surface area contributed by atoms with Crippen molar-refractivity contribution in [2.45, 2.75) is 6.92 Å². The van der Waals surface area contributed by atoms with Gasteiger partial charge in [-0.25, -0.2) is 0 Å². The highest BCUT2D eigenvalue weighted by atomic mass is 32.1. The van der Waals surface area contributed by atoms with Crippen molar-refractivity contribution in [1.29, 1.82) is 0 Å². The molecule has 2 saturated heterocycles. The number of amides is 3. The van der Waals surface area contributed by atoms with Crippen LogP contribution >= 0.6 is 22.7 Å². The zero-order valence-corrected chi connectivity index (χ0v) is 24.6. The Hall–Kier alpha value is -3.57. The number of ether oxygens (including phenoxy) is 1. The minimum Gasteiger partial charge on any atom is -0.378 e. The van der Waals surface area contributed by atoms with Crippen LogP contribution in [0.1, 0.15) is 25.6 Å². The van der Waals surface area contributed by atoms with Gasteiger partial charge in [0, 0.05) is 48.8 Å². The number of fused-ring (bicyclic) bond motifs is 1.